The van der Waals surface area contributed by atoms with Crippen LogP contribution in [0.15, 0.2) is 83.4 Å². The predicted octanol–water partition coefficient (Wildman–Crippen LogP) is 3.79. The smallest absolute Gasteiger partial charge is 0.264 e. The van der Waals surface area contributed by atoms with Crippen LogP contribution in [-0.4, -0.2) is 31.3 Å². The Hall–Kier alpha value is -4.70. The summed E-state index contributed by atoms with van der Waals surface area (Å²) in [5.41, 5.74) is 3.98. The zero-order valence-electron chi connectivity index (χ0n) is 19.5. The summed E-state index contributed by atoms with van der Waals surface area (Å²) in [6.07, 6.45) is 0.599. The van der Waals surface area contributed by atoms with Crippen molar-refractivity contribution in [3.63, 3.8) is 0 Å². The number of nitrogens with one attached hydrogen (secondary N) is 2. The third-order valence-corrected chi connectivity index (χ3v) is 5.64. The Kier molecular flexibility index (Phi) is 7.03. The Labute approximate surface area is 203 Å². The minimum absolute atomic E-state index is 0.105. The molecule has 0 aromatic heterocycles. The lowest BCUT2D eigenvalue weighted by molar-refractivity contribution is -0.117. The average molecular weight is 465 g/mol. The van der Waals surface area contributed by atoms with Crippen LogP contribution in [0.1, 0.15) is 32.6 Å². The van der Waals surface area contributed by atoms with Crippen molar-refractivity contribution in [1.29, 1.82) is 5.26 Å². The summed E-state index contributed by atoms with van der Waals surface area (Å²) in [7, 11) is 1.61. The predicted molar refractivity (Wildman–Crippen MR) is 134 cm³/mol. The van der Waals surface area contributed by atoms with E-state index < -0.39 is 5.91 Å². The monoisotopic (exact) mass is 464 g/mol. The van der Waals surface area contributed by atoms with Crippen LogP contribution in [0.4, 0.5) is 0 Å². The molecule has 3 aromatic carbocycles. The number of aryl methyl sites for hydroxylation is 1. The Morgan fingerprint density at radius 3 is 2.31 bits per heavy atom. The summed E-state index contributed by atoms with van der Waals surface area (Å²) in [5, 5.41) is 15.4. The molecule has 4 rings (SSSR count). The van der Waals surface area contributed by atoms with E-state index in [1.54, 1.807) is 37.4 Å². The highest BCUT2D eigenvalue weighted by atomic mass is 16.5. The first-order valence-electron chi connectivity index (χ1n) is 11.1. The van der Waals surface area contributed by atoms with Gasteiger partial charge in [0.25, 0.3) is 11.8 Å². The molecule has 2 amide bonds. The first-order valence-corrected chi connectivity index (χ1v) is 11.1. The van der Waals surface area contributed by atoms with E-state index in [0.717, 1.165) is 16.9 Å². The van der Waals surface area contributed by atoms with Crippen molar-refractivity contribution in [1.82, 2.24) is 10.6 Å². The minimum Gasteiger partial charge on any atom is -0.497 e. The van der Waals surface area contributed by atoms with Gasteiger partial charge in [-0.25, -0.2) is 4.99 Å². The molecule has 1 aliphatic heterocycles. The van der Waals surface area contributed by atoms with Crippen LogP contribution in [0.5, 0.6) is 5.75 Å². The minimum atomic E-state index is -0.513. The number of benzene rings is 3. The van der Waals surface area contributed by atoms with E-state index in [-0.39, 0.29) is 17.2 Å². The van der Waals surface area contributed by atoms with Crippen molar-refractivity contribution in [2.24, 2.45) is 4.99 Å². The Morgan fingerprint density at radius 1 is 0.971 bits per heavy atom. The summed E-state index contributed by atoms with van der Waals surface area (Å²) >= 11 is 0. The van der Waals surface area contributed by atoms with E-state index in [1.165, 1.54) is 0 Å². The Balaban J connectivity index is 1.53. The van der Waals surface area contributed by atoms with Gasteiger partial charge in [-0.3, -0.25) is 9.59 Å². The summed E-state index contributed by atoms with van der Waals surface area (Å²) in [6, 6.07) is 23.9. The first-order chi connectivity index (χ1) is 17.0. The summed E-state index contributed by atoms with van der Waals surface area (Å²) < 4.78 is 5.16. The molecule has 7 heteroatoms. The molecule has 1 heterocycles. The van der Waals surface area contributed by atoms with E-state index in [2.05, 4.69) is 15.6 Å². The SMILES string of the molecule is COc1ccc(CCNC(=O)/C(C#N)=C2/N=C(NC(=O)c3ccc(C)cc3)c3ccccc32)cc1. The highest BCUT2D eigenvalue weighted by molar-refractivity contribution is 6.20. The van der Waals surface area contributed by atoms with Crippen molar-refractivity contribution in [2.75, 3.05) is 13.7 Å². The van der Waals surface area contributed by atoms with Gasteiger partial charge in [-0.1, -0.05) is 54.1 Å². The van der Waals surface area contributed by atoms with Crippen molar-refractivity contribution >= 4 is 23.3 Å². The van der Waals surface area contributed by atoms with Gasteiger partial charge in [0.05, 0.1) is 12.8 Å². The highest BCUT2D eigenvalue weighted by Crippen LogP contribution is 2.30. The molecule has 0 saturated heterocycles. The lowest BCUT2D eigenvalue weighted by Gasteiger charge is -2.07. The van der Waals surface area contributed by atoms with Gasteiger partial charge in [0.15, 0.2) is 0 Å². The Morgan fingerprint density at radius 2 is 1.66 bits per heavy atom. The number of carbonyl (C=O) groups is 2. The van der Waals surface area contributed by atoms with Gasteiger partial charge in [-0.2, -0.15) is 5.26 Å². The fourth-order valence-corrected chi connectivity index (χ4v) is 3.71. The van der Waals surface area contributed by atoms with Gasteiger partial charge in [0, 0.05) is 23.2 Å². The van der Waals surface area contributed by atoms with Gasteiger partial charge in [0.2, 0.25) is 0 Å². The molecule has 3 aromatic rings. The van der Waals surface area contributed by atoms with Crippen LogP contribution in [0, 0.1) is 18.3 Å². The van der Waals surface area contributed by atoms with Crippen LogP contribution in [-0.2, 0) is 11.2 Å². The number of carbonyl (C=O) groups excluding carboxylic acids is 2. The van der Waals surface area contributed by atoms with Crippen LogP contribution in [0.3, 0.4) is 0 Å². The fraction of sp³-hybridized carbons (Fsp3) is 0.143. The number of nitrogens with zero attached hydrogens (tertiary/aromatic N) is 2. The van der Waals surface area contributed by atoms with E-state index in [4.69, 9.17) is 4.74 Å². The fourth-order valence-electron chi connectivity index (χ4n) is 3.71. The second-order valence-electron chi connectivity index (χ2n) is 8.02. The number of hydrogen-bond acceptors (Lipinski definition) is 5. The van der Waals surface area contributed by atoms with Crippen molar-refractivity contribution in [3.05, 3.63) is 106 Å². The largest absolute Gasteiger partial charge is 0.497 e. The molecule has 7 nitrogen and oxygen atoms in total. The molecule has 1 aliphatic rings. The maximum absolute atomic E-state index is 12.9. The number of ether oxygens (including phenoxy) is 1. The molecule has 0 unspecified atom stereocenters. The second kappa shape index (κ2) is 10.5. The van der Waals surface area contributed by atoms with Crippen LogP contribution in [0.25, 0.3) is 5.70 Å². The molecule has 0 saturated carbocycles. The molecule has 0 bridgehead atoms. The number of methoxy groups -OCH3 is 1. The van der Waals surface area contributed by atoms with E-state index in [1.807, 2.05) is 55.5 Å². The quantitative estimate of drug-likeness (QED) is 0.428. The number of amides is 2. The van der Waals surface area contributed by atoms with Crippen LogP contribution < -0.4 is 15.4 Å². The third kappa shape index (κ3) is 5.28. The summed E-state index contributed by atoms with van der Waals surface area (Å²) in [4.78, 5) is 30.1. The van der Waals surface area contributed by atoms with Gasteiger partial charge >= 0.3 is 0 Å². The number of aliphatic imine (C=N–C) groups is 1. The normalized spacial score (nSPS) is 13.2. The maximum Gasteiger partial charge on any atom is 0.264 e. The van der Waals surface area contributed by atoms with Gasteiger partial charge in [-0.05, 0) is 43.2 Å². The molecular weight excluding hydrogens is 440 g/mol. The molecule has 2 N–H and O–H groups in total. The van der Waals surface area contributed by atoms with Crippen molar-refractivity contribution in [2.45, 2.75) is 13.3 Å². The molecule has 0 radical (unpaired) electrons. The number of hydrogen-bond donors (Lipinski definition) is 2. The van der Waals surface area contributed by atoms with Gasteiger partial charge < -0.3 is 15.4 Å². The molecule has 0 spiro atoms. The summed E-state index contributed by atoms with van der Waals surface area (Å²) in [5.74, 6) is 0.236. The summed E-state index contributed by atoms with van der Waals surface area (Å²) in [6.45, 7) is 2.30. The van der Waals surface area contributed by atoms with E-state index in [9.17, 15) is 14.9 Å². The molecule has 0 fully saturated rings. The first kappa shape index (κ1) is 23.5. The molecule has 0 aliphatic carbocycles. The Bertz CT molecular complexity index is 1360. The second-order valence-corrected chi connectivity index (χ2v) is 8.02. The van der Waals surface area contributed by atoms with Crippen LogP contribution in [0.2, 0.25) is 0 Å². The zero-order valence-corrected chi connectivity index (χ0v) is 19.5. The zero-order chi connectivity index (χ0) is 24.8. The van der Waals surface area contributed by atoms with Crippen LogP contribution >= 0.6 is 0 Å². The molecular formula is C28H24N4O3. The molecule has 0 atom stereocenters. The lowest BCUT2D eigenvalue weighted by Crippen LogP contribution is -2.30. The van der Waals surface area contributed by atoms with Gasteiger partial charge in [0.1, 0.15) is 23.2 Å². The van der Waals surface area contributed by atoms with Gasteiger partial charge in [-0.15, -0.1) is 0 Å². The topological polar surface area (TPSA) is 104 Å². The van der Waals surface area contributed by atoms with E-state index in [0.29, 0.717) is 35.5 Å². The third-order valence-electron chi connectivity index (χ3n) is 5.64. The standard InChI is InChI=1S/C28H24N4O3/c1-18-7-11-20(12-8-18)27(33)32-26-23-6-4-3-5-22(23)25(31-26)24(17-29)28(34)30-16-15-19-9-13-21(35-2)14-10-19/h3-14H,15-16H2,1-2H3,(H,30,34)(H,31,32,33)/b25-24+. The highest BCUT2D eigenvalue weighted by Gasteiger charge is 2.27. The average Bonchev–Trinajstić information content (AvgIpc) is 3.23. The maximum atomic E-state index is 12.9. The van der Waals surface area contributed by atoms with Crippen molar-refractivity contribution < 1.29 is 14.3 Å². The number of rotatable bonds is 6. The van der Waals surface area contributed by atoms with Crippen molar-refractivity contribution in [3.8, 4) is 11.8 Å². The number of nitriles is 1. The molecule has 174 valence electrons. The number of amidine groups is 1. The molecule has 35 heavy (non-hydrogen) atoms. The number of fused-ring (bicyclic) bond motifs is 1. The lowest BCUT2D eigenvalue weighted by atomic mass is 10.0. The van der Waals surface area contributed by atoms with E-state index >= 15 is 0 Å².